The summed E-state index contributed by atoms with van der Waals surface area (Å²) in [6, 6.07) is 14.2. The van der Waals surface area contributed by atoms with Crippen molar-refractivity contribution < 1.29 is 14.3 Å². The lowest BCUT2D eigenvalue weighted by Gasteiger charge is -2.16. The maximum Gasteiger partial charge on any atom is 0.149 e. The molecule has 3 rings (SSSR count). The SMILES string of the molecule is CCCc1ccc(COc2ccc3c(c2)OCC(C=O)=C3)cc1. The Balaban J connectivity index is 1.65. The molecule has 0 saturated heterocycles. The van der Waals surface area contributed by atoms with Gasteiger partial charge < -0.3 is 9.47 Å². The highest BCUT2D eigenvalue weighted by Gasteiger charge is 2.12. The van der Waals surface area contributed by atoms with E-state index in [-0.39, 0.29) is 0 Å². The number of fused-ring (bicyclic) bond motifs is 1. The van der Waals surface area contributed by atoms with Crippen LogP contribution in [-0.2, 0) is 17.8 Å². The smallest absolute Gasteiger partial charge is 0.149 e. The molecule has 0 fully saturated rings. The average molecular weight is 308 g/mol. The van der Waals surface area contributed by atoms with Crippen molar-refractivity contribution in [2.24, 2.45) is 0 Å². The van der Waals surface area contributed by atoms with Gasteiger partial charge >= 0.3 is 0 Å². The highest BCUT2D eigenvalue weighted by Crippen LogP contribution is 2.30. The topological polar surface area (TPSA) is 35.5 Å². The van der Waals surface area contributed by atoms with Crippen LogP contribution in [0.4, 0.5) is 0 Å². The highest BCUT2D eigenvalue weighted by atomic mass is 16.5. The molecule has 3 nitrogen and oxygen atoms in total. The summed E-state index contributed by atoms with van der Waals surface area (Å²) in [6.07, 6.45) is 4.95. The molecule has 0 aromatic heterocycles. The first-order valence-corrected chi connectivity index (χ1v) is 7.91. The minimum absolute atomic E-state index is 0.318. The summed E-state index contributed by atoms with van der Waals surface area (Å²) >= 11 is 0. The predicted octanol–water partition coefficient (Wildman–Crippen LogP) is 4.19. The Morgan fingerprint density at radius 1 is 1.13 bits per heavy atom. The van der Waals surface area contributed by atoms with Gasteiger partial charge in [-0.2, -0.15) is 0 Å². The molecular weight excluding hydrogens is 288 g/mol. The van der Waals surface area contributed by atoms with Crippen LogP contribution < -0.4 is 9.47 Å². The molecule has 1 aliphatic heterocycles. The number of rotatable bonds is 6. The van der Waals surface area contributed by atoms with Gasteiger partial charge in [0.15, 0.2) is 0 Å². The fraction of sp³-hybridized carbons (Fsp3) is 0.250. The van der Waals surface area contributed by atoms with Gasteiger partial charge in [-0.15, -0.1) is 0 Å². The molecule has 0 bridgehead atoms. The van der Waals surface area contributed by atoms with E-state index in [9.17, 15) is 4.79 Å². The summed E-state index contributed by atoms with van der Waals surface area (Å²) in [6.45, 7) is 3.03. The first-order chi connectivity index (χ1) is 11.3. The van der Waals surface area contributed by atoms with Crippen LogP contribution in [0.1, 0.15) is 30.0 Å². The number of carbonyl (C=O) groups excluding carboxylic acids is 1. The molecule has 0 radical (unpaired) electrons. The van der Waals surface area contributed by atoms with E-state index in [0.29, 0.717) is 18.8 Å². The van der Waals surface area contributed by atoms with Crippen LogP contribution >= 0.6 is 0 Å². The van der Waals surface area contributed by atoms with Crippen molar-refractivity contribution in [3.63, 3.8) is 0 Å². The van der Waals surface area contributed by atoms with Gasteiger partial charge in [-0.05, 0) is 35.8 Å². The third-order valence-electron chi connectivity index (χ3n) is 3.84. The Labute approximate surface area is 136 Å². The van der Waals surface area contributed by atoms with Gasteiger partial charge in [0.25, 0.3) is 0 Å². The molecule has 23 heavy (non-hydrogen) atoms. The minimum Gasteiger partial charge on any atom is -0.489 e. The van der Waals surface area contributed by atoms with Crippen LogP contribution in [0, 0.1) is 0 Å². The standard InChI is InChI=1S/C20H20O3/c1-2-3-15-4-6-16(7-5-15)13-22-19-9-8-18-10-17(12-21)14-23-20(18)11-19/h4-12H,2-3,13-14H2,1H3. The van der Waals surface area contributed by atoms with E-state index >= 15 is 0 Å². The quantitative estimate of drug-likeness (QED) is 0.751. The lowest BCUT2D eigenvalue weighted by Crippen LogP contribution is -2.08. The van der Waals surface area contributed by atoms with Crippen molar-refractivity contribution >= 4 is 12.4 Å². The number of aldehydes is 1. The number of benzene rings is 2. The van der Waals surface area contributed by atoms with Gasteiger partial charge in [-0.3, -0.25) is 4.79 Å². The third-order valence-corrected chi connectivity index (χ3v) is 3.84. The monoisotopic (exact) mass is 308 g/mol. The molecule has 0 amide bonds. The number of carbonyl (C=O) groups is 1. The third kappa shape index (κ3) is 3.81. The molecule has 1 heterocycles. The Hall–Kier alpha value is -2.55. The normalized spacial score (nSPS) is 12.8. The lowest BCUT2D eigenvalue weighted by molar-refractivity contribution is -0.105. The lowest BCUT2D eigenvalue weighted by atomic mass is 10.1. The summed E-state index contributed by atoms with van der Waals surface area (Å²) in [5, 5.41) is 0. The van der Waals surface area contributed by atoms with Crippen molar-refractivity contribution in [1.82, 2.24) is 0 Å². The van der Waals surface area contributed by atoms with Crippen molar-refractivity contribution in [1.29, 1.82) is 0 Å². The maximum absolute atomic E-state index is 10.8. The second-order valence-corrected chi connectivity index (χ2v) is 5.68. The van der Waals surface area contributed by atoms with E-state index in [2.05, 4.69) is 31.2 Å². The van der Waals surface area contributed by atoms with E-state index in [0.717, 1.165) is 41.8 Å². The average Bonchev–Trinajstić information content (AvgIpc) is 2.61. The zero-order chi connectivity index (χ0) is 16.1. The second kappa shape index (κ2) is 7.14. The Morgan fingerprint density at radius 3 is 2.65 bits per heavy atom. The Kier molecular flexibility index (Phi) is 4.77. The molecule has 2 aromatic rings. The zero-order valence-corrected chi connectivity index (χ0v) is 13.2. The maximum atomic E-state index is 10.8. The van der Waals surface area contributed by atoms with Crippen LogP contribution in [0.3, 0.4) is 0 Å². The summed E-state index contributed by atoms with van der Waals surface area (Å²) in [4.78, 5) is 10.8. The van der Waals surface area contributed by atoms with Gasteiger partial charge in [-0.1, -0.05) is 37.6 Å². The predicted molar refractivity (Wildman–Crippen MR) is 90.7 cm³/mol. The van der Waals surface area contributed by atoms with Crippen LogP contribution in [0.15, 0.2) is 48.0 Å². The zero-order valence-electron chi connectivity index (χ0n) is 13.2. The molecule has 0 N–H and O–H groups in total. The van der Waals surface area contributed by atoms with Crippen molar-refractivity contribution in [3.8, 4) is 11.5 Å². The molecule has 3 heteroatoms. The summed E-state index contributed by atoms with van der Waals surface area (Å²) in [5.41, 5.74) is 4.07. The number of ether oxygens (including phenoxy) is 2. The molecule has 1 aliphatic rings. The van der Waals surface area contributed by atoms with Crippen LogP contribution in [0.5, 0.6) is 11.5 Å². The molecule has 2 aromatic carbocycles. The molecule has 0 saturated carbocycles. The first-order valence-electron chi connectivity index (χ1n) is 7.91. The summed E-state index contributed by atoms with van der Waals surface area (Å²) in [5.74, 6) is 1.52. The number of hydrogen-bond acceptors (Lipinski definition) is 3. The summed E-state index contributed by atoms with van der Waals surface area (Å²) in [7, 11) is 0. The molecule has 0 spiro atoms. The largest absolute Gasteiger partial charge is 0.489 e. The second-order valence-electron chi connectivity index (χ2n) is 5.68. The fourth-order valence-corrected chi connectivity index (χ4v) is 2.58. The van der Waals surface area contributed by atoms with Crippen LogP contribution in [0.25, 0.3) is 6.08 Å². The van der Waals surface area contributed by atoms with Gasteiger partial charge in [-0.25, -0.2) is 0 Å². The molecule has 0 atom stereocenters. The molecule has 0 aliphatic carbocycles. The first kappa shape index (κ1) is 15.3. The van der Waals surface area contributed by atoms with Crippen LogP contribution in [-0.4, -0.2) is 12.9 Å². The highest BCUT2D eigenvalue weighted by molar-refractivity contribution is 5.84. The van der Waals surface area contributed by atoms with Crippen LogP contribution in [0.2, 0.25) is 0 Å². The van der Waals surface area contributed by atoms with Gasteiger partial charge in [0.2, 0.25) is 0 Å². The van der Waals surface area contributed by atoms with Crippen molar-refractivity contribution in [2.45, 2.75) is 26.4 Å². The summed E-state index contributed by atoms with van der Waals surface area (Å²) < 4.78 is 11.4. The fourth-order valence-electron chi connectivity index (χ4n) is 2.58. The van der Waals surface area contributed by atoms with Gasteiger partial charge in [0.1, 0.15) is 31.0 Å². The van der Waals surface area contributed by atoms with Gasteiger partial charge in [0, 0.05) is 17.2 Å². The van der Waals surface area contributed by atoms with E-state index in [1.807, 2.05) is 24.3 Å². The Morgan fingerprint density at radius 2 is 1.91 bits per heavy atom. The van der Waals surface area contributed by atoms with E-state index in [1.54, 1.807) is 0 Å². The number of hydrogen-bond donors (Lipinski definition) is 0. The molecule has 118 valence electrons. The van der Waals surface area contributed by atoms with E-state index in [1.165, 1.54) is 5.56 Å². The molecular formula is C20H20O3. The van der Waals surface area contributed by atoms with Crippen molar-refractivity contribution in [2.75, 3.05) is 6.61 Å². The van der Waals surface area contributed by atoms with Crippen molar-refractivity contribution in [3.05, 3.63) is 64.7 Å². The minimum atomic E-state index is 0.318. The van der Waals surface area contributed by atoms with E-state index < -0.39 is 0 Å². The Bertz CT molecular complexity index is 714. The number of aryl methyl sites for hydroxylation is 1. The molecule has 0 unspecified atom stereocenters. The van der Waals surface area contributed by atoms with Gasteiger partial charge in [0.05, 0.1) is 0 Å². The van der Waals surface area contributed by atoms with E-state index in [4.69, 9.17) is 9.47 Å².